The number of carbonyl (C=O) groups is 1. The third-order valence-corrected chi connectivity index (χ3v) is 6.81. The van der Waals surface area contributed by atoms with E-state index in [9.17, 15) is 4.79 Å². The molecule has 7 heteroatoms. The second-order valence-electron chi connectivity index (χ2n) is 8.18. The van der Waals surface area contributed by atoms with E-state index in [4.69, 9.17) is 4.98 Å². The van der Waals surface area contributed by atoms with E-state index in [2.05, 4.69) is 45.3 Å². The maximum absolute atomic E-state index is 12.8. The number of aryl methyl sites for hydroxylation is 2. The Balaban J connectivity index is 1.18. The Labute approximate surface area is 179 Å². The van der Waals surface area contributed by atoms with E-state index in [0.29, 0.717) is 5.13 Å². The zero-order chi connectivity index (χ0) is 20.7. The van der Waals surface area contributed by atoms with Crippen molar-refractivity contribution in [3.8, 4) is 0 Å². The number of amides is 1. The van der Waals surface area contributed by atoms with Gasteiger partial charge in [0, 0.05) is 5.92 Å². The van der Waals surface area contributed by atoms with E-state index in [1.54, 1.807) is 11.3 Å². The van der Waals surface area contributed by atoms with Crippen molar-refractivity contribution in [2.75, 3.05) is 18.4 Å². The molecule has 1 saturated heterocycles. The minimum Gasteiger partial charge on any atom is -0.341 e. The lowest BCUT2D eigenvalue weighted by atomic mass is 9.96. The number of hydrogen-bond donors (Lipinski definition) is 2. The summed E-state index contributed by atoms with van der Waals surface area (Å²) in [6.45, 7) is 6.72. The number of nitrogens with zero attached hydrogens (tertiary/aromatic N) is 3. The molecule has 2 N–H and O–H groups in total. The highest BCUT2D eigenvalue weighted by molar-refractivity contribution is 7.22. The Bertz CT molecular complexity index is 1220. The minimum atomic E-state index is 0.0349. The molecule has 0 aliphatic carbocycles. The van der Waals surface area contributed by atoms with Gasteiger partial charge < -0.3 is 10.3 Å². The average molecular weight is 420 g/mol. The van der Waals surface area contributed by atoms with Crippen LogP contribution in [0.1, 0.15) is 29.8 Å². The van der Waals surface area contributed by atoms with E-state index in [-0.39, 0.29) is 11.8 Å². The van der Waals surface area contributed by atoms with Gasteiger partial charge in [-0.15, -0.1) is 0 Å². The summed E-state index contributed by atoms with van der Waals surface area (Å²) in [5, 5.41) is 3.75. The van der Waals surface area contributed by atoms with E-state index >= 15 is 0 Å². The first kappa shape index (κ1) is 19.2. The van der Waals surface area contributed by atoms with Crippen molar-refractivity contribution in [2.24, 2.45) is 5.92 Å². The summed E-state index contributed by atoms with van der Waals surface area (Å²) in [7, 11) is 0. The zero-order valence-corrected chi connectivity index (χ0v) is 18.1. The van der Waals surface area contributed by atoms with E-state index in [1.165, 1.54) is 5.56 Å². The first-order valence-electron chi connectivity index (χ1n) is 10.4. The number of para-hydroxylation sites is 1. The number of aromatic amines is 1. The first-order valence-corrected chi connectivity index (χ1v) is 11.2. The molecule has 2 aromatic carbocycles. The molecule has 2 aromatic heterocycles. The smallest absolute Gasteiger partial charge is 0.229 e. The Morgan fingerprint density at radius 2 is 2.03 bits per heavy atom. The molecular formula is C23H25N5OS. The van der Waals surface area contributed by atoms with Crippen LogP contribution in [0.4, 0.5) is 5.13 Å². The van der Waals surface area contributed by atoms with Gasteiger partial charge in [0.05, 0.1) is 27.8 Å². The average Bonchev–Trinajstić information content (AvgIpc) is 3.32. The van der Waals surface area contributed by atoms with Crippen LogP contribution in [0.2, 0.25) is 0 Å². The van der Waals surface area contributed by atoms with Crippen molar-refractivity contribution in [3.63, 3.8) is 0 Å². The van der Waals surface area contributed by atoms with Crippen LogP contribution in [0, 0.1) is 19.8 Å². The van der Waals surface area contributed by atoms with Gasteiger partial charge in [-0.25, -0.2) is 9.97 Å². The predicted octanol–water partition coefficient (Wildman–Crippen LogP) is 4.64. The molecule has 0 unspecified atom stereocenters. The van der Waals surface area contributed by atoms with Gasteiger partial charge in [0.2, 0.25) is 5.91 Å². The topological polar surface area (TPSA) is 73.9 Å². The maximum Gasteiger partial charge on any atom is 0.229 e. The lowest BCUT2D eigenvalue weighted by Crippen LogP contribution is -2.38. The number of thiazole rings is 1. The molecule has 1 amide bonds. The van der Waals surface area contributed by atoms with E-state index in [1.807, 2.05) is 25.1 Å². The number of likely N-dealkylation sites (tertiary alicyclic amines) is 1. The summed E-state index contributed by atoms with van der Waals surface area (Å²) < 4.78 is 1.11. The van der Waals surface area contributed by atoms with Crippen molar-refractivity contribution in [3.05, 3.63) is 53.3 Å². The Morgan fingerprint density at radius 1 is 1.20 bits per heavy atom. The number of aromatic nitrogens is 3. The van der Waals surface area contributed by atoms with E-state index in [0.717, 1.165) is 65.1 Å². The van der Waals surface area contributed by atoms with Crippen LogP contribution in [0.5, 0.6) is 0 Å². The summed E-state index contributed by atoms with van der Waals surface area (Å²) in [6, 6.07) is 12.4. The summed E-state index contributed by atoms with van der Waals surface area (Å²) in [6.07, 6.45) is 1.71. The molecule has 3 heterocycles. The van der Waals surface area contributed by atoms with Crippen molar-refractivity contribution in [1.29, 1.82) is 0 Å². The van der Waals surface area contributed by atoms with Gasteiger partial charge in [-0.05, 0) is 69.1 Å². The van der Waals surface area contributed by atoms with Gasteiger partial charge in [0.1, 0.15) is 5.82 Å². The number of imidazole rings is 1. The van der Waals surface area contributed by atoms with Crippen molar-refractivity contribution in [1.82, 2.24) is 19.9 Å². The standard InChI is InChI=1S/C23H25N5OS/c1-14-6-7-17-18(12-14)25-20(24-17)13-28-10-8-16(9-11-28)22(29)27-23-26-21-15(2)4-3-5-19(21)30-23/h3-7,12,16H,8-11,13H2,1-2H3,(H,24,25)(H,26,27,29). The maximum atomic E-state index is 12.8. The van der Waals surface area contributed by atoms with Gasteiger partial charge >= 0.3 is 0 Å². The fourth-order valence-corrected chi connectivity index (χ4v) is 5.11. The first-order chi connectivity index (χ1) is 14.5. The zero-order valence-electron chi connectivity index (χ0n) is 17.2. The fourth-order valence-electron chi connectivity index (χ4n) is 4.16. The van der Waals surface area contributed by atoms with Crippen LogP contribution in [-0.2, 0) is 11.3 Å². The molecule has 0 bridgehead atoms. The molecule has 0 atom stereocenters. The minimum absolute atomic E-state index is 0.0349. The number of H-pyrrole nitrogens is 1. The lowest BCUT2D eigenvalue weighted by molar-refractivity contribution is -0.121. The molecule has 1 aliphatic heterocycles. The number of piperidine rings is 1. The van der Waals surface area contributed by atoms with Crippen LogP contribution in [0.3, 0.4) is 0 Å². The highest BCUT2D eigenvalue weighted by Gasteiger charge is 2.26. The van der Waals surface area contributed by atoms with Crippen molar-refractivity contribution >= 4 is 43.6 Å². The number of carbonyl (C=O) groups excluding carboxylic acids is 1. The predicted molar refractivity (Wildman–Crippen MR) is 122 cm³/mol. The molecule has 1 aliphatic rings. The van der Waals surface area contributed by atoms with Crippen LogP contribution in [0.25, 0.3) is 21.3 Å². The molecule has 1 fully saturated rings. The summed E-state index contributed by atoms with van der Waals surface area (Å²) in [5.41, 5.74) is 5.45. The summed E-state index contributed by atoms with van der Waals surface area (Å²) in [5.74, 6) is 1.11. The quantitative estimate of drug-likeness (QED) is 0.505. The largest absolute Gasteiger partial charge is 0.341 e. The highest BCUT2D eigenvalue weighted by Crippen LogP contribution is 2.29. The third-order valence-electron chi connectivity index (χ3n) is 5.87. The molecular weight excluding hydrogens is 394 g/mol. The summed E-state index contributed by atoms with van der Waals surface area (Å²) in [4.78, 5) is 27.9. The second kappa shape index (κ2) is 7.81. The van der Waals surface area contributed by atoms with Crippen LogP contribution < -0.4 is 5.32 Å². The molecule has 0 saturated carbocycles. The van der Waals surface area contributed by atoms with Crippen LogP contribution in [-0.4, -0.2) is 38.8 Å². The number of hydrogen-bond acceptors (Lipinski definition) is 5. The SMILES string of the molecule is Cc1ccc2nc(CN3CCC(C(=O)Nc4nc5c(C)cccc5s4)CC3)[nH]c2c1. The van der Waals surface area contributed by atoms with Crippen molar-refractivity contribution < 1.29 is 4.79 Å². The van der Waals surface area contributed by atoms with Gasteiger partial charge in [0.25, 0.3) is 0 Å². The molecule has 6 nitrogen and oxygen atoms in total. The number of fused-ring (bicyclic) bond motifs is 2. The monoisotopic (exact) mass is 419 g/mol. The highest BCUT2D eigenvalue weighted by atomic mass is 32.1. The number of anilines is 1. The number of nitrogens with one attached hydrogen (secondary N) is 2. The van der Waals surface area contributed by atoms with Crippen LogP contribution in [0.15, 0.2) is 36.4 Å². The van der Waals surface area contributed by atoms with E-state index < -0.39 is 0 Å². The molecule has 4 aromatic rings. The molecule has 154 valence electrons. The van der Waals surface area contributed by atoms with Gasteiger partial charge in [-0.1, -0.05) is 29.5 Å². The Morgan fingerprint density at radius 3 is 2.83 bits per heavy atom. The molecule has 30 heavy (non-hydrogen) atoms. The second-order valence-corrected chi connectivity index (χ2v) is 9.22. The van der Waals surface area contributed by atoms with Gasteiger partial charge in [0.15, 0.2) is 5.13 Å². The molecule has 0 radical (unpaired) electrons. The Kier molecular flexibility index (Phi) is 5.00. The van der Waals surface area contributed by atoms with Gasteiger partial charge in [-0.3, -0.25) is 9.69 Å². The fraction of sp³-hybridized carbons (Fsp3) is 0.348. The lowest BCUT2D eigenvalue weighted by Gasteiger charge is -2.30. The molecule has 5 rings (SSSR count). The third kappa shape index (κ3) is 3.82. The number of rotatable bonds is 4. The Hall–Kier alpha value is -2.77. The normalized spacial score (nSPS) is 15.8. The van der Waals surface area contributed by atoms with Crippen LogP contribution >= 0.6 is 11.3 Å². The van der Waals surface area contributed by atoms with Gasteiger partial charge in [-0.2, -0.15) is 0 Å². The molecule has 0 spiro atoms. The summed E-state index contributed by atoms with van der Waals surface area (Å²) >= 11 is 1.54. The van der Waals surface area contributed by atoms with Crippen molar-refractivity contribution in [2.45, 2.75) is 33.2 Å². The number of benzene rings is 2.